The van der Waals surface area contributed by atoms with E-state index in [1.54, 1.807) is 13.1 Å². The van der Waals surface area contributed by atoms with E-state index in [0.717, 1.165) is 0 Å². The average Bonchev–Trinajstić information content (AvgIpc) is 2.17. The maximum Gasteiger partial charge on any atom is 0.155 e. The second-order valence-corrected chi connectivity index (χ2v) is 2.96. The number of hydrogen-bond donors (Lipinski definition) is 0. The van der Waals surface area contributed by atoms with Crippen molar-refractivity contribution < 1.29 is 9.18 Å². The summed E-state index contributed by atoms with van der Waals surface area (Å²) in [6.45, 7) is 1.74. The molecule has 14 heavy (non-hydrogen) atoms. The van der Waals surface area contributed by atoms with Crippen LogP contribution in [-0.4, -0.2) is 16.3 Å². The van der Waals surface area contributed by atoms with Gasteiger partial charge in [0.15, 0.2) is 6.29 Å². The summed E-state index contributed by atoms with van der Waals surface area (Å²) in [4.78, 5) is 18.8. The summed E-state index contributed by atoms with van der Waals surface area (Å²) in [6, 6.07) is 2.72. The highest BCUT2D eigenvalue weighted by atomic mass is 19.1. The molecule has 0 radical (unpaired) electrons. The number of nitrogens with zero attached hydrogens (tertiary/aromatic N) is 2. The molecule has 0 aliphatic rings. The summed E-state index contributed by atoms with van der Waals surface area (Å²) in [7, 11) is 0. The van der Waals surface area contributed by atoms with Gasteiger partial charge in [0.1, 0.15) is 11.3 Å². The maximum absolute atomic E-state index is 13.2. The van der Waals surface area contributed by atoms with Gasteiger partial charge in [0, 0.05) is 6.20 Å². The van der Waals surface area contributed by atoms with Crippen LogP contribution in [0.5, 0.6) is 0 Å². The van der Waals surface area contributed by atoms with Crippen molar-refractivity contribution in [2.24, 2.45) is 0 Å². The summed E-state index contributed by atoms with van der Waals surface area (Å²) < 4.78 is 13.2. The van der Waals surface area contributed by atoms with E-state index < -0.39 is 5.82 Å². The molecule has 2 aromatic rings. The molecule has 4 heteroatoms. The van der Waals surface area contributed by atoms with Crippen LogP contribution in [0, 0.1) is 12.7 Å². The Hall–Kier alpha value is -1.84. The van der Waals surface area contributed by atoms with Crippen molar-refractivity contribution in [2.45, 2.75) is 6.92 Å². The molecule has 0 spiro atoms. The molecule has 2 rings (SSSR count). The molecular formula is C10H7FN2O. The van der Waals surface area contributed by atoms with Crippen LogP contribution >= 0.6 is 0 Å². The lowest BCUT2D eigenvalue weighted by Crippen LogP contribution is -1.95. The Labute approximate surface area is 79.6 Å². The van der Waals surface area contributed by atoms with Crippen molar-refractivity contribution in [3.8, 4) is 0 Å². The van der Waals surface area contributed by atoms with Crippen molar-refractivity contribution in [3.63, 3.8) is 0 Å². The van der Waals surface area contributed by atoms with Crippen LogP contribution in [0.25, 0.3) is 11.0 Å². The lowest BCUT2D eigenvalue weighted by atomic mass is 10.2. The normalized spacial score (nSPS) is 10.4. The third kappa shape index (κ3) is 1.25. The molecule has 1 aromatic carbocycles. The largest absolute Gasteiger partial charge is 0.298 e. The fourth-order valence-corrected chi connectivity index (χ4v) is 1.27. The van der Waals surface area contributed by atoms with Gasteiger partial charge >= 0.3 is 0 Å². The standard InChI is InChI=1S/C10H7FN2O/c1-6-4-12-9-3-2-8(11)7(5-14)10(9)13-6/h2-5H,1H3. The molecule has 0 fully saturated rings. The minimum atomic E-state index is -0.563. The topological polar surface area (TPSA) is 42.9 Å². The van der Waals surface area contributed by atoms with Gasteiger partial charge < -0.3 is 0 Å². The number of hydrogen-bond acceptors (Lipinski definition) is 3. The Morgan fingerprint density at radius 3 is 2.93 bits per heavy atom. The first-order valence-corrected chi connectivity index (χ1v) is 4.09. The lowest BCUT2D eigenvalue weighted by molar-refractivity contribution is 0.112. The summed E-state index contributed by atoms with van der Waals surface area (Å²) in [5, 5.41) is 0. The highest BCUT2D eigenvalue weighted by Crippen LogP contribution is 2.16. The molecular weight excluding hydrogens is 183 g/mol. The van der Waals surface area contributed by atoms with E-state index in [9.17, 15) is 9.18 Å². The number of aryl methyl sites for hydroxylation is 1. The molecule has 0 atom stereocenters. The highest BCUT2D eigenvalue weighted by molar-refractivity contribution is 5.94. The van der Waals surface area contributed by atoms with Gasteiger partial charge in [-0.2, -0.15) is 0 Å². The van der Waals surface area contributed by atoms with Crippen molar-refractivity contribution >= 4 is 17.3 Å². The predicted octanol–water partition coefficient (Wildman–Crippen LogP) is 1.89. The molecule has 0 aliphatic carbocycles. The third-order valence-corrected chi connectivity index (χ3v) is 1.94. The molecule has 1 heterocycles. The summed E-state index contributed by atoms with van der Waals surface area (Å²) >= 11 is 0. The van der Waals surface area contributed by atoms with Gasteiger partial charge in [-0.15, -0.1) is 0 Å². The third-order valence-electron chi connectivity index (χ3n) is 1.94. The molecule has 0 saturated heterocycles. The van der Waals surface area contributed by atoms with Gasteiger partial charge in [-0.25, -0.2) is 9.37 Å². The molecule has 0 saturated carbocycles. The second kappa shape index (κ2) is 3.14. The van der Waals surface area contributed by atoms with Crippen LogP contribution in [0.15, 0.2) is 18.3 Å². The molecule has 0 amide bonds. The molecule has 1 aromatic heterocycles. The quantitative estimate of drug-likeness (QED) is 0.645. The first kappa shape index (κ1) is 8.74. The van der Waals surface area contributed by atoms with E-state index >= 15 is 0 Å². The monoisotopic (exact) mass is 190 g/mol. The zero-order valence-electron chi connectivity index (χ0n) is 7.49. The van der Waals surface area contributed by atoms with E-state index in [4.69, 9.17) is 0 Å². The van der Waals surface area contributed by atoms with Crippen LogP contribution in [-0.2, 0) is 0 Å². The molecule has 0 aliphatic heterocycles. The number of aldehydes is 1. The number of aromatic nitrogens is 2. The van der Waals surface area contributed by atoms with E-state index in [0.29, 0.717) is 23.0 Å². The Bertz CT molecular complexity index is 505. The SMILES string of the molecule is Cc1cnc2ccc(F)c(C=O)c2n1. The van der Waals surface area contributed by atoms with Crippen LogP contribution in [0.1, 0.15) is 16.1 Å². The Kier molecular flexibility index (Phi) is 1.96. The number of halogens is 1. The molecule has 3 nitrogen and oxygen atoms in total. The Morgan fingerprint density at radius 1 is 1.43 bits per heavy atom. The molecule has 0 bridgehead atoms. The minimum Gasteiger partial charge on any atom is -0.298 e. The fraction of sp³-hybridized carbons (Fsp3) is 0.100. The maximum atomic E-state index is 13.2. The summed E-state index contributed by atoms with van der Waals surface area (Å²) in [5.74, 6) is -0.563. The highest BCUT2D eigenvalue weighted by Gasteiger charge is 2.08. The summed E-state index contributed by atoms with van der Waals surface area (Å²) in [6.07, 6.45) is 2.04. The second-order valence-electron chi connectivity index (χ2n) is 2.96. The van der Waals surface area contributed by atoms with Crippen LogP contribution in [0.3, 0.4) is 0 Å². The van der Waals surface area contributed by atoms with Crippen LogP contribution in [0.2, 0.25) is 0 Å². The number of fused-ring (bicyclic) bond motifs is 1. The van der Waals surface area contributed by atoms with Gasteiger partial charge in [0.2, 0.25) is 0 Å². The number of carbonyl (C=O) groups is 1. The predicted molar refractivity (Wildman–Crippen MR) is 49.6 cm³/mol. The number of benzene rings is 1. The number of rotatable bonds is 1. The van der Waals surface area contributed by atoms with Gasteiger partial charge in [-0.3, -0.25) is 9.78 Å². The first-order valence-electron chi connectivity index (χ1n) is 4.09. The van der Waals surface area contributed by atoms with Crippen molar-refractivity contribution in [1.82, 2.24) is 9.97 Å². The minimum absolute atomic E-state index is 0.0290. The number of carbonyl (C=O) groups excluding carboxylic acids is 1. The Morgan fingerprint density at radius 2 is 2.21 bits per heavy atom. The molecule has 70 valence electrons. The van der Waals surface area contributed by atoms with E-state index in [1.165, 1.54) is 12.1 Å². The average molecular weight is 190 g/mol. The fourth-order valence-electron chi connectivity index (χ4n) is 1.27. The van der Waals surface area contributed by atoms with E-state index in [1.807, 2.05) is 0 Å². The molecule has 0 N–H and O–H groups in total. The smallest absolute Gasteiger partial charge is 0.155 e. The van der Waals surface area contributed by atoms with Gasteiger partial charge in [0.05, 0.1) is 16.8 Å². The van der Waals surface area contributed by atoms with Crippen LogP contribution < -0.4 is 0 Å². The van der Waals surface area contributed by atoms with Crippen LogP contribution in [0.4, 0.5) is 4.39 Å². The molecule has 0 unspecified atom stereocenters. The Balaban J connectivity index is 2.91. The van der Waals surface area contributed by atoms with Gasteiger partial charge in [0.25, 0.3) is 0 Å². The van der Waals surface area contributed by atoms with Crippen molar-refractivity contribution in [1.29, 1.82) is 0 Å². The van der Waals surface area contributed by atoms with Gasteiger partial charge in [-0.05, 0) is 19.1 Å². The zero-order chi connectivity index (χ0) is 10.1. The van der Waals surface area contributed by atoms with Gasteiger partial charge in [-0.1, -0.05) is 0 Å². The summed E-state index contributed by atoms with van der Waals surface area (Å²) in [5.41, 5.74) is 1.48. The zero-order valence-corrected chi connectivity index (χ0v) is 7.49. The first-order chi connectivity index (χ1) is 6.72. The van der Waals surface area contributed by atoms with Crippen molar-refractivity contribution in [3.05, 3.63) is 35.4 Å². The van der Waals surface area contributed by atoms with Crippen molar-refractivity contribution in [2.75, 3.05) is 0 Å². The van der Waals surface area contributed by atoms with E-state index in [-0.39, 0.29) is 5.56 Å². The van der Waals surface area contributed by atoms with E-state index in [2.05, 4.69) is 9.97 Å². The lowest BCUT2D eigenvalue weighted by Gasteiger charge is -2.01.